The van der Waals surface area contributed by atoms with Crippen molar-refractivity contribution in [1.29, 1.82) is 0 Å². The highest BCUT2D eigenvalue weighted by Crippen LogP contribution is 2.23. The maximum atomic E-state index is 12.3. The summed E-state index contributed by atoms with van der Waals surface area (Å²) in [5.41, 5.74) is -0.499. The highest BCUT2D eigenvalue weighted by atomic mass is 35.5. The lowest BCUT2D eigenvalue weighted by molar-refractivity contribution is 0.0942. The minimum absolute atomic E-state index is 0.109. The van der Waals surface area contributed by atoms with E-state index < -0.39 is 17.2 Å². The second kappa shape index (κ2) is 7.22. The zero-order valence-electron chi connectivity index (χ0n) is 12.4. The van der Waals surface area contributed by atoms with Crippen molar-refractivity contribution >= 4 is 40.4 Å². The van der Waals surface area contributed by atoms with E-state index in [2.05, 4.69) is 20.3 Å². The first-order valence-corrected chi connectivity index (χ1v) is 8.54. The minimum atomic E-state index is -0.820. The maximum Gasteiger partial charge on any atom is 0.294 e. The van der Waals surface area contributed by atoms with Crippen molar-refractivity contribution in [3.63, 3.8) is 0 Å². The first-order chi connectivity index (χ1) is 12.0. The Kier molecular flexibility index (Phi) is 5.03. The third-order valence-electron chi connectivity index (χ3n) is 3.18. The largest absolute Gasteiger partial charge is 0.501 e. The molecule has 0 fully saturated rings. The van der Waals surface area contributed by atoms with Gasteiger partial charge < -0.3 is 15.4 Å². The lowest BCUT2D eigenvalue weighted by Gasteiger charge is -2.08. The fourth-order valence-corrected chi connectivity index (χ4v) is 2.88. The van der Waals surface area contributed by atoms with Gasteiger partial charge in [0.25, 0.3) is 11.5 Å². The van der Waals surface area contributed by atoms with Crippen LogP contribution in [-0.4, -0.2) is 26.0 Å². The van der Waals surface area contributed by atoms with Crippen molar-refractivity contribution in [2.75, 3.05) is 0 Å². The van der Waals surface area contributed by atoms with Crippen LogP contribution in [-0.2, 0) is 6.54 Å². The molecule has 0 aliphatic rings. The second-order valence-electron chi connectivity index (χ2n) is 4.88. The molecule has 1 aromatic carbocycles. The first kappa shape index (κ1) is 17.4. The Hall–Kier alpha value is -2.42. The molecular weight excluding hydrogens is 387 g/mol. The number of H-pyrrole nitrogens is 1. The molecule has 0 spiro atoms. The number of benzene rings is 1. The highest BCUT2D eigenvalue weighted by molar-refractivity contribution is 7.13. The van der Waals surface area contributed by atoms with E-state index in [0.717, 1.165) is 0 Å². The molecule has 25 heavy (non-hydrogen) atoms. The van der Waals surface area contributed by atoms with Gasteiger partial charge in [-0.3, -0.25) is 9.59 Å². The number of hydrogen-bond donors (Lipinski definition) is 3. The molecule has 10 heteroatoms. The summed E-state index contributed by atoms with van der Waals surface area (Å²) in [5.74, 6) is -1.35. The van der Waals surface area contributed by atoms with E-state index in [-0.39, 0.29) is 18.1 Å². The third kappa shape index (κ3) is 3.81. The molecule has 3 rings (SSSR count). The van der Waals surface area contributed by atoms with Gasteiger partial charge in [0, 0.05) is 18.1 Å². The predicted molar refractivity (Wildman–Crippen MR) is 95.3 cm³/mol. The SMILES string of the molecule is O=C(NCc1ccc(Cl)c(Cl)c1)c1nc(-c2nccs2)[nH]c(=O)c1O. The third-order valence-corrected chi connectivity index (χ3v) is 4.70. The Balaban J connectivity index is 1.84. The summed E-state index contributed by atoms with van der Waals surface area (Å²) >= 11 is 13.0. The normalized spacial score (nSPS) is 10.6. The van der Waals surface area contributed by atoms with Crippen molar-refractivity contribution in [1.82, 2.24) is 20.3 Å². The molecule has 3 aromatic rings. The quantitative estimate of drug-likeness (QED) is 0.628. The van der Waals surface area contributed by atoms with E-state index in [0.29, 0.717) is 20.6 Å². The lowest BCUT2D eigenvalue weighted by Crippen LogP contribution is -2.26. The zero-order chi connectivity index (χ0) is 18.0. The monoisotopic (exact) mass is 396 g/mol. The number of nitrogens with one attached hydrogen (secondary N) is 2. The van der Waals surface area contributed by atoms with Gasteiger partial charge in [-0.2, -0.15) is 0 Å². The van der Waals surface area contributed by atoms with Crippen LogP contribution in [0.15, 0.2) is 34.6 Å². The molecule has 0 unspecified atom stereocenters. The molecule has 0 aliphatic carbocycles. The summed E-state index contributed by atoms with van der Waals surface area (Å²) in [4.78, 5) is 34.5. The summed E-state index contributed by atoms with van der Waals surface area (Å²) in [6.45, 7) is 0.121. The molecule has 0 saturated heterocycles. The van der Waals surface area contributed by atoms with Gasteiger partial charge in [-0.25, -0.2) is 9.97 Å². The Labute approximate surface area is 155 Å². The van der Waals surface area contributed by atoms with Gasteiger partial charge in [0.15, 0.2) is 16.5 Å². The van der Waals surface area contributed by atoms with Crippen LogP contribution in [0, 0.1) is 0 Å². The molecule has 0 saturated carbocycles. The molecule has 3 N–H and O–H groups in total. The number of carbonyl (C=O) groups excluding carboxylic acids is 1. The van der Waals surface area contributed by atoms with Crippen molar-refractivity contribution in [2.45, 2.75) is 6.54 Å². The van der Waals surface area contributed by atoms with Gasteiger partial charge in [0.2, 0.25) is 5.75 Å². The van der Waals surface area contributed by atoms with E-state index in [9.17, 15) is 14.7 Å². The average Bonchev–Trinajstić information content (AvgIpc) is 3.12. The number of aromatic nitrogens is 3. The molecule has 0 aliphatic heterocycles. The van der Waals surface area contributed by atoms with Gasteiger partial charge in [0.1, 0.15) is 0 Å². The number of aromatic hydroxyl groups is 1. The smallest absolute Gasteiger partial charge is 0.294 e. The fraction of sp³-hybridized carbons (Fsp3) is 0.0667. The molecular formula is C15H10Cl2N4O3S. The van der Waals surface area contributed by atoms with E-state index >= 15 is 0 Å². The van der Waals surface area contributed by atoms with Crippen LogP contribution in [0.2, 0.25) is 10.0 Å². The van der Waals surface area contributed by atoms with Crippen LogP contribution in [0.1, 0.15) is 16.1 Å². The number of halogens is 2. The lowest BCUT2D eigenvalue weighted by atomic mass is 10.2. The highest BCUT2D eigenvalue weighted by Gasteiger charge is 2.19. The first-order valence-electron chi connectivity index (χ1n) is 6.91. The number of thiazole rings is 1. The van der Waals surface area contributed by atoms with Crippen LogP contribution in [0.25, 0.3) is 10.8 Å². The van der Waals surface area contributed by atoms with Crippen LogP contribution >= 0.6 is 34.5 Å². The number of hydrogen-bond acceptors (Lipinski definition) is 6. The fourth-order valence-electron chi connectivity index (χ4n) is 1.98. The standard InChI is InChI=1S/C15H10Cl2N4O3S/c16-8-2-1-7(5-9(8)17)6-19-13(23)10-11(22)14(24)21-12(20-10)15-18-3-4-25-15/h1-5,22H,6H2,(H,19,23)(H,20,21,24). The predicted octanol–water partition coefficient (Wildman–Crippen LogP) is 2.84. The summed E-state index contributed by atoms with van der Waals surface area (Å²) in [6.07, 6.45) is 1.54. The molecule has 128 valence electrons. The Morgan fingerprint density at radius 2 is 2.12 bits per heavy atom. The molecule has 0 bridgehead atoms. The molecule has 0 atom stereocenters. The van der Waals surface area contributed by atoms with E-state index in [1.165, 1.54) is 17.5 Å². The van der Waals surface area contributed by atoms with E-state index in [1.807, 2.05) is 0 Å². The number of amides is 1. The molecule has 1 amide bonds. The minimum Gasteiger partial charge on any atom is -0.501 e. The summed E-state index contributed by atoms with van der Waals surface area (Å²) in [7, 11) is 0. The Bertz CT molecular complexity index is 989. The van der Waals surface area contributed by atoms with Crippen LogP contribution in [0.5, 0.6) is 5.75 Å². The van der Waals surface area contributed by atoms with E-state index in [1.54, 1.807) is 23.6 Å². The summed E-state index contributed by atoms with van der Waals surface area (Å²) in [5, 5.41) is 15.3. The van der Waals surface area contributed by atoms with Crippen molar-refractivity contribution in [3.05, 3.63) is 61.4 Å². The number of nitrogens with zero attached hydrogens (tertiary/aromatic N) is 2. The number of aromatic amines is 1. The maximum absolute atomic E-state index is 12.3. The Morgan fingerprint density at radius 1 is 1.32 bits per heavy atom. The molecule has 2 heterocycles. The van der Waals surface area contributed by atoms with Gasteiger partial charge in [-0.15, -0.1) is 11.3 Å². The van der Waals surface area contributed by atoms with Crippen LogP contribution in [0.4, 0.5) is 0 Å². The number of rotatable bonds is 4. The molecule has 2 aromatic heterocycles. The average molecular weight is 397 g/mol. The van der Waals surface area contributed by atoms with Gasteiger partial charge in [-0.1, -0.05) is 29.3 Å². The zero-order valence-corrected chi connectivity index (χ0v) is 14.7. The Morgan fingerprint density at radius 3 is 2.80 bits per heavy atom. The second-order valence-corrected chi connectivity index (χ2v) is 6.59. The van der Waals surface area contributed by atoms with Crippen molar-refractivity contribution < 1.29 is 9.90 Å². The summed E-state index contributed by atoms with van der Waals surface area (Å²) in [6, 6.07) is 4.91. The van der Waals surface area contributed by atoms with Gasteiger partial charge >= 0.3 is 0 Å². The summed E-state index contributed by atoms with van der Waals surface area (Å²) < 4.78 is 0. The molecule has 0 radical (unpaired) electrons. The van der Waals surface area contributed by atoms with E-state index in [4.69, 9.17) is 23.2 Å². The van der Waals surface area contributed by atoms with Gasteiger partial charge in [-0.05, 0) is 17.7 Å². The number of carbonyl (C=O) groups is 1. The van der Waals surface area contributed by atoms with Gasteiger partial charge in [0.05, 0.1) is 10.0 Å². The van der Waals surface area contributed by atoms with Crippen LogP contribution < -0.4 is 10.9 Å². The van der Waals surface area contributed by atoms with Crippen LogP contribution in [0.3, 0.4) is 0 Å². The topological polar surface area (TPSA) is 108 Å². The van der Waals surface area contributed by atoms with Crippen molar-refractivity contribution in [3.8, 4) is 16.6 Å². The van der Waals surface area contributed by atoms with Crippen molar-refractivity contribution in [2.24, 2.45) is 0 Å². The molecule has 7 nitrogen and oxygen atoms in total.